The van der Waals surface area contributed by atoms with Crippen molar-refractivity contribution in [3.63, 3.8) is 0 Å². The summed E-state index contributed by atoms with van der Waals surface area (Å²) in [4.78, 5) is 1.67. The summed E-state index contributed by atoms with van der Waals surface area (Å²) in [5.74, 6) is -0.316. The molecule has 0 aliphatic carbocycles. The number of nitrogens with zero attached hydrogens (tertiary/aromatic N) is 2. The van der Waals surface area contributed by atoms with Gasteiger partial charge in [0.1, 0.15) is 11.9 Å². The molecule has 0 aliphatic rings. The fraction of sp³-hybridized carbons (Fsp3) is 0.0714. The molecule has 2 rings (SSSR count). The van der Waals surface area contributed by atoms with E-state index in [1.807, 2.05) is 0 Å². The lowest BCUT2D eigenvalue weighted by atomic mass is 10.1. The Morgan fingerprint density at radius 2 is 1.89 bits per heavy atom. The minimum absolute atomic E-state index is 0.316. The van der Waals surface area contributed by atoms with E-state index in [1.54, 1.807) is 48.3 Å². The number of benzene rings is 2. The van der Waals surface area contributed by atoms with Crippen LogP contribution in [0, 0.1) is 17.1 Å². The van der Waals surface area contributed by atoms with Gasteiger partial charge in [-0.1, -0.05) is 28.1 Å². The Hall–Kier alpha value is -1.86. The van der Waals surface area contributed by atoms with Gasteiger partial charge in [0, 0.05) is 11.5 Å². The molecular formula is C14H10BrFN2. The zero-order chi connectivity index (χ0) is 13.1. The van der Waals surface area contributed by atoms with E-state index in [1.165, 1.54) is 6.07 Å². The van der Waals surface area contributed by atoms with Gasteiger partial charge in [-0.3, -0.25) is 0 Å². The molecule has 0 saturated carbocycles. The molecule has 2 aromatic rings. The molecule has 0 unspecified atom stereocenters. The molecule has 2 aromatic carbocycles. The van der Waals surface area contributed by atoms with Crippen molar-refractivity contribution in [1.29, 1.82) is 5.26 Å². The smallest absolute Gasteiger partial charge is 0.146 e. The van der Waals surface area contributed by atoms with E-state index in [0.717, 1.165) is 4.47 Å². The second kappa shape index (κ2) is 5.19. The Kier molecular flexibility index (Phi) is 3.63. The first-order valence-electron chi connectivity index (χ1n) is 5.31. The van der Waals surface area contributed by atoms with Gasteiger partial charge in [0.25, 0.3) is 0 Å². The fourth-order valence-electron chi connectivity index (χ4n) is 1.73. The standard InChI is InChI=1S/C14H10BrFN2/c1-18(13-5-3-2-4-12(13)16)14-8-11(15)7-6-10(14)9-17/h2-8H,1H3. The van der Waals surface area contributed by atoms with E-state index < -0.39 is 0 Å². The summed E-state index contributed by atoms with van der Waals surface area (Å²) in [6.45, 7) is 0. The molecule has 0 radical (unpaired) electrons. The Bertz CT molecular complexity index is 619. The van der Waals surface area contributed by atoms with Crippen molar-refractivity contribution in [1.82, 2.24) is 0 Å². The average Bonchev–Trinajstić information content (AvgIpc) is 2.38. The van der Waals surface area contributed by atoms with Crippen molar-refractivity contribution in [3.05, 3.63) is 58.3 Å². The minimum atomic E-state index is -0.316. The molecule has 4 heteroatoms. The molecule has 18 heavy (non-hydrogen) atoms. The summed E-state index contributed by atoms with van der Waals surface area (Å²) in [6.07, 6.45) is 0. The maximum atomic E-state index is 13.7. The molecule has 0 saturated heterocycles. The zero-order valence-electron chi connectivity index (χ0n) is 9.69. The van der Waals surface area contributed by atoms with Crippen molar-refractivity contribution in [2.24, 2.45) is 0 Å². The summed E-state index contributed by atoms with van der Waals surface area (Å²) in [6, 6.07) is 13.9. The quantitative estimate of drug-likeness (QED) is 0.830. The van der Waals surface area contributed by atoms with Gasteiger partial charge in [-0.25, -0.2) is 4.39 Å². The van der Waals surface area contributed by atoms with Crippen LogP contribution in [0.5, 0.6) is 0 Å². The average molecular weight is 305 g/mol. The molecular weight excluding hydrogens is 295 g/mol. The summed E-state index contributed by atoms with van der Waals surface area (Å²) in [5, 5.41) is 9.09. The van der Waals surface area contributed by atoms with Crippen LogP contribution in [0.25, 0.3) is 0 Å². The highest BCUT2D eigenvalue weighted by Crippen LogP contribution is 2.30. The highest BCUT2D eigenvalue weighted by molar-refractivity contribution is 9.10. The summed E-state index contributed by atoms with van der Waals surface area (Å²) < 4.78 is 14.6. The lowest BCUT2D eigenvalue weighted by Gasteiger charge is -2.21. The zero-order valence-corrected chi connectivity index (χ0v) is 11.3. The van der Waals surface area contributed by atoms with Crippen molar-refractivity contribution < 1.29 is 4.39 Å². The van der Waals surface area contributed by atoms with Gasteiger partial charge in [0.05, 0.1) is 16.9 Å². The van der Waals surface area contributed by atoms with Gasteiger partial charge < -0.3 is 4.90 Å². The van der Waals surface area contributed by atoms with Crippen LogP contribution in [0.3, 0.4) is 0 Å². The van der Waals surface area contributed by atoms with Gasteiger partial charge in [-0.05, 0) is 30.3 Å². The van der Waals surface area contributed by atoms with Crippen LogP contribution in [-0.4, -0.2) is 7.05 Å². The molecule has 0 atom stereocenters. The molecule has 0 heterocycles. The Morgan fingerprint density at radius 1 is 1.17 bits per heavy atom. The molecule has 0 aliphatic heterocycles. The number of hydrogen-bond donors (Lipinski definition) is 0. The van der Waals surface area contributed by atoms with Crippen LogP contribution < -0.4 is 4.90 Å². The SMILES string of the molecule is CN(c1ccccc1F)c1cc(Br)ccc1C#N. The third kappa shape index (κ3) is 2.36. The highest BCUT2D eigenvalue weighted by Gasteiger charge is 2.12. The third-order valence-corrected chi connectivity index (χ3v) is 3.15. The molecule has 0 fully saturated rings. The molecule has 2 nitrogen and oxygen atoms in total. The van der Waals surface area contributed by atoms with Gasteiger partial charge in [0.2, 0.25) is 0 Å². The topological polar surface area (TPSA) is 27.0 Å². The number of rotatable bonds is 2. The maximum Gasteiger partial charge on any atom is 0.146 e. The molecule has 0 aromatic heterocycles. The summed E-state index contributed by atoms with van der Waals surface area (Å²) in [5.41, 5.74) is 1.60. The van der Waals surface area contributed by atoms with Gasteiger partial charge >= 0.3 is 0 Å². The number of para-hydroxylation sites is 1. The van der Waals surface area contributed by atoms with Crippen molar-refractivity contribution in [3.8, 4) is 6.07 Å². The van der Waals surface area contributed by atoms with Crippen LogP contribution in [0.1, 0.15) is 5.56 Å². The number of hydrogen-bond acceptors (Lipinski definition) is 2. The predicted octanol–water partition coefficient (Wildman–Crippen LogP) is 4.23. The van der Waals surface area contributed by atoms with Crippen molar-refractivity contribution >= 4 is 27.3 Å². The fourth-order valence-corrected chi connectivity index (χ4v) is 2.08. The Labute approximate surface area is 113 Å². The van der Waals surface area contributed by atoms with E-state index in [0.29, 0.717) is 16.9 Å². The van der Waals surface area contributed by atoms with E-state index in [-0.39, 0.29) is 5.82 Å². The molecule has 90 valence electrons. The molecule has 0 spiro atoms. The van der Waals surface area contributed by atoms with Crippen molar-refractivity contribution in [2.75, 3.05) is 11.9 Å². The summed E-state index contributed by atoms with van der Waals surface area (Å²) >= 11 is 3.36. The second-order valence-corrected chi connectivity index (χ2v) is 4.70. The first-order valence-corrected chi connectivity index (χ1v) is 6.10. The van der Waals surface area contributed by atoms with Crippen LogP contribution >= 0.6 is 15.9 Å². The molecule has 0 bridgehead atoms. The number of anilines is 2. The monoisotopic (exact) mass is 304 g/mol. The third-order valence-electron chi connectivity index (χ3n) is 2.66. The Morgan fingerprint density at radius 3 is 2.56 bits per heavy atom. The second-order valence-electron chi connectivity index (χ2n) is 3.78. The van der Waals surface area contributed by atoms with Crippen LogP contribution in [0.2, 0.25) is 0 Å². The lowest BCUT2D eigenvalue weighted by molar-refractivity contribution is 0.627. The largest absolute Gasteiger partial charge is 0.341 e. The van der Waals surface area contributed by atoms with E-state index >= 15 is 0 Å². The van der Waals surface area contributed by atoms with Crippen molar-refractivity contribution in [2.45, 2.75) is 0 Å². The normalized spacial score (nSPS) is 9.89. The molecule has 0 N–H and O–H groups in total. The molecule has 0 amide bonds. The highest BCUT2D eigenvalue weighted by atomic mass is 79.9. The first-order chi connectivity index (χ1) is 8.63. The van der Waals surface area contributed by atoms with Crippen LogP contribution in [-0.2, 0) is 0 Å². The Balaban J connectivity index is 2.53. The number of nitriles is 1. The van der Waals surface area contributed by atoms with E-state index in [2.05, 4.69) is 22.0 Å². The maximum absolute atomic E-state index is 13.7. The summed E-state index contributed by atoms with van der Waals surface area (Å²) in [7, 11) is 1.74. The number of halogens is 2. The predicted molar refractivity (Wildman–Crippen MR) is 73.3 cm³/mol. The van der Waals surface area contributed by atoms with Crippen LogP contribution in [0.4, 0.5) is 15.8 Å². The van der Waals surface area contributed by atoms with Gasteiger partial charge in [-0.2, -0.15) is 5.26 Å². The van der Waals surface area contributed by atoms with Gasteiger partial charge in [0.15, 0.2) is 0 Å². The van der Waals surface area contributed by atoms with Crippen LogP contribution in [0.15, 0.2) is 46.9 Å². The van der Waals surface area contributed by atoms with Gasteiger partial charge in [-0.15, -0.1) is 0 Å². The lowest BCUT2D eigenvalue weighted by Crippen LogP contribution is -2.12. The minimum Gasteiger partial charge on any atom is -0.341 e. The first kappa shape index (κ1) is 12.6. The van der Waals surface area contributed by atoms with E-state index in [9.17, 15) is 4.39 Å². The van der Waals surface area contributed by atoms with E-state index in [4.69, 9.17) is 5.26 Å².